The minimum atomic E-state index is 0.130. The van der Waals surface area contributed by atoms with Crippen LogP contribution in [0.15, 0.2) is 24.3 Å². The van der Waals surface area contributed by atoms with Gasteiger partial charge in [-0.05, 0) is 54.3 Å². The monoisotopic (exact) mass is 338 g/mol. The predicted octanol–water partition coefficient (Wildman–Crippen LogP) is 4.25. The molecule has 0 saturated carbocycles. The average Bonchev–Trinajstić information content (AvgIpc) is 2.90. The van der Waals surface area contributed by atoms with Crippen LogP contribution in [-0.4, -0.2) is 5.75 Å². The average molecular weight is 339 g/mol. The predicted molar refractivity (Wildman–Crippen MR) is 94.1 cm³/mol. The first-order chi connectivity index (χ1) is 10.2. The van der Waals surface area contributed by atoms with Crippen molar-refractivity contribution in [2.75, 3.05) is 5.75 Å². The fraction of sp³-hybridized carbons (Fsp3) is 0.375. The largest absolute Gasteiger partial charge is 0.271 e. The smallest absolute Gasteiger partial charge is 0.0594 e. The van der Waals surface area contributed by atoms with Crippen LogP contribution < -0.4 is 11.3 Å². The third-order valence-electron chi connectivity index (χ3n) is 3.82. The second kappa shape index (κ2) is 6.71. The minimum Gasteiger partial charge on any atom is -0.271 e. The van der Waals surface area contributed by atoms with Crippen LogP contribution in [0, 0.1) is 6.92 Å². The molecule has 0 fully saturated rings. The maximum atomic E-state index is 6.35. The molecule has 2 nitrogen and oxygen atoms in total. The zero-order valence-electron chi connectivity index (χ0n) is 12.0. The summed E-state index contributed by atoms with van der Waals surface area (Å²) in [5.41, 5.74) is 6.78. The molecule has 21 heavy (non-hydrogen) atoms. The van der Waals surface area contributed by atoms with Crippen LogP contribution in [0.2, 0.25) is 5.02 Å². The van der Waals surface area contributed by atoms with Gasteiger partial charge in [0.1, 0.15) is 0 Å². The van der Waals surface area contributed by atoms with Gasteiger partial charge in [0.15, 0.2) is 0 Å². The number of thioether (sulfide) groups is 1. The molecule has 0 spiro atoms. The van der Waals surface area contributed by atoms with E-state index in [2.05, 4.69) is 30.5 Å². The summed E-state index contributed by atoms with van der Waals surface area (Å²) in [4.78, 5) is 2.85. The Balaban J connectivity index is 1.83. The Hall–Kier alpha value is -0.520. The quantitative estimate of drug-likeness (QED) is 0.646. The highest BCUT2D eigenvalue weighted by atomic mass is 35.5. The van der Waals surface area contributed by atoms with Crippen molar-refractivity contribution in [2.24, 2.45) is 5.84 Å². The first-order valence-electron chi connectivity index (χ1n) is 7.07. The minimum absolute atomic E-state index is 0.130. The second-order valence-electron chi connectivity index (χ2n) is 5.42. The number of benzene rings is 1. The lowest BCUT2D eigenvalue weighted by Crippen LogP contribution is -2.29. The van der Waals surface area contributed by atoms with Gasteiger partial charge in [-0.15, -0.1) is 11.3 Å². The standard InChI is InChI=1S/C16H19ClN2S2/c1-10-2-3-11(13(17)6-10)7-14(19-18)16-8-12-9-20-5-4-15(12)21-16/h2-3,6,8,14,19H,4-5,7,9,18H2,1H3. The van der Waals surface area contributed by atoms with Crippen molar-refractivity contribution in [3.8, 4) is 0 Å². The van der Waals surface area contributed by atoms with Gasteiger partial charge >= 0.3 is 0 Å². The van der Waals surface area contributed by atoms with Gasteiger partial charge < -0.3 is 0 Å². The summed E-state index contributed by atoms with van der Waals surface area (Å²) in [5.74, 6) is 8.17. The molecule has 3 rings (SSSR count). The summed E-state index contributed by atoms with van der Waals surface area (Å²) in [6.45, 7) is 2.05. The van der Waals surface area contributed by atoms with Gasteiger partial charge in [0.2, 0.25) is 0 Å². The SMILES string of the molecule is Cc1ccc(CC(NN)c2cc3c(s2)CCSC3)c(Cl)c1. The van der Waals surface area contributed by atoms with Crippen LogP contribution in [-0.2, 0) is 18.6 Å². The van der Waals surface area contributed by atoms with E-state index in [9.17, 15) is 0 Å². The number of thiophene rings is 1. The molecule has 2 aromatic rings. The van der Waals surface area contributed by atoms with Crippen molar-refractivity contribution < 1.29 is 0 Å². The van der Waals surface area contributed by atoms with Gasteiger partial charge in [-0.1, -0.05) is 23.7 Å². The molecule has 1 aliphatic rings. The second-order valence-corrected chi connectivity index (χ2v) is 8.10. The van der Waals surface area contributed by atoms with Gasteiger partial charge in [-0.25, -0.2) is 0 Å². The lowest BCUT2D eigenvalue weighted by Gasteiger charge is -2.15. The number of hydrazine groups is 1. The summed E-state index contributed by atoms with van der Waals surface area (Å²) in [5, 5.41) is 0.826. The molecule has 0 saturated heterocycles. The fourth-order valence-electron chi connectivity index (χ4n) is 2.62. The van der Waals surface area contributed by atoms with E-state index in [1.807, 2.05) is 29.2 Å². The van der Waals surface area contributed by atoms with E-state index < -0.39 is 0 Å². The molecule has 0 bridgehead atoms. The lowest BCUT2D eigenvalue weighted by molar-refractivity contribution is 0.560. The van der Waals surface area contributed by atoms with Gasteiger partial charge in [0.25, 0.3) is 0 Å². The molecule has 1 aliphatic heterocycles. The third-order valence-corrected chi connectivity index (χ3v) is 6.53. The van der Waals surface area contributed by atoms with E-state index in [4.69, 9.17) is 17.4 Å². The Kier molecular flexibility index (Phi) is 4.92. The molecule has 0 amide bonds. The molecule has 5 heteroatoms. The van der Waals surface area contributed by atoms with E-state index in [-0.39, 0.29) is 6.04 Å². The van der Waals surface area contributed by atoms with E-state index in [0.717, 1.165) is 22.8 Å². The van der Waals surface area contributed by atoms with E-state index in [0.29, 0.717) is 0 Å². The zero-order chi connectivity index (χ0) is 14.8. The number of nitrogens with one attached hydrogen (secondary N) is 1. The Labute approximate surface area is 139 Å². The zero-order valence-corrected chi connectivity index (χ0v) is 14.4. The van der Waals surface area contributed by atoms with Gasteiger partial charge in [0, 0.05) is 20.5 Å². The van der Waals surface area contributed by atoms with E-state index in [1.54, 1.807) is 0 Å². The van der Waals surface area contributed by atoms with Gasteiger partial charge in [-0.3, -0.25) is 11.3 Å². The lowest BCUT2D eigenvalue weighted by atomic mass is 10.0. The number of nitrogens with two attached hydrogens (primary N) is 1. The van der Waals surface area contributed by atoms with Crippen LogP contribution >= 0.6 is 34.7 Å². The van der Waals surface area contributed by atoms with Gasteiger partial charge in [0.05, 0.1) is 6.04 Å². The normalized spacial score (nSPS) is 15.8. The maximum absolute atomic E-state index is 6.35. The fourth-order valence-corrected chi connectivity index (χ4v) is 5.37. The number of hydrogen-bond acceptors (Lipinski definition) is 4. The van der Waals surface area contributed by atoms with Crippen molar-refractivity contribution in [1.82, 2.24) is 5.43 Å². The van der Waals surface area contributed by atoms with Crippen molar-refractivity contribution in [3.05, 3.63) is 55.7 Å². The maximum Gasteiger partial charge on any atom is 0.0594 e. The van der Waals surface area contributed by atoms with Crippen LogP contribution in [0.1, 0.15) is 32.5 Å². The number of fused-ring (bicyclic) bond motifs is 1. The Morgan fingerprint density at radius 3 is 2.95 bits per heavy atom. The summed E-state index contributed by atoms with van der Waals surface area (Å²) in [6.07, 6.45) is 2.01. The topological polar surface area (TPSA) is 38.0 Å². The molecule has 1 atom stereocenters. The van der Waals surface area contributed by atoms with Crippen molar-refractivity contribution in [2.45, 2.75) is 31.6 Å². The Morgan fingerprint density at radius 2 is 2.24 bits per heavy atom. The molecular formula is C16H19ClN2S2. The third kappa shape index (κ3) is 3.46. The van der Waals surface area contributed by atoms with Crippen molar-refractivity contribution in [1.29, 1.82) is 0 Å². The highest BCUT2D eigenvalue weighted by Crippen LogP contribution is 2.35. The van der Waals surface area contributed by atoms with Crippen LogP contribution in [0.25, 0.3) is 0 Å². The summed E-state index contributed by atoms with van der Waals surface area (Å²) in [7, 11) is 0. The molecule has 3 N–H and O–H groups in total. The van der Waals surface area contributed by atoms with E-state index in [1.165, 1.54) is 33.1 Å². The molecular weight excluding hydrogens is 320 g/mol. The number of halogens is 1. The summed E-state index contributed by atoms with van der Waals surface area (Å²) < 4.78 is 0. The molecule has 1 aromatic heterocycles. The molecule has 1 aromatic carbocycles. The first kappa shape index (κ1) is 15.4. The van der Waals surface area contributed by atoms with Gasteiger partial charge in [-0.2, -0.15) is 11.8 Å². The summed E-state index contributed by atoms with van der Waals surface area (Å²) in [6, 6.07) is 8.67. The molecule has 0 radical (unpaired) electrons. The first-order valence-corrected chi connectivity index (χ1v) is 9.42. The highest BCUT2D eigenvalue weighted by molar-refractivity contribution is 7.98. The van der Waals surface area contributed by atoms with Crippen LogP contribution in [0.4, 0.5) is 0 Å². The van der Waals surface area contributed by atoms with Crippen molar-refractivity contribution >= 4 is 34.7 Å². The molecule has 2 heterocycles. The molecule has 112 valence electrons. The number of rotatable bonds is 4. The molecule has 1 unspecified atom stereocenters. The number of hydrogen-bond donors (Lipinski definition) is 2. The number of aryl methyl sites for hydroxylation is 2. The summed E-state index contributed by atoms with van der Waals surface area (Å²) >= 11 is 10.3. The van der Waals surface area contributed by atoms with Crippen LogP contribution in [0.5, 0.6) is 0 Å². The Morgan fingerprint density at radius 1 is 1.38 bits per heavy atom. The van der Waals surface area contributed by atoms with Crippen LogP contribution in [0.3, 0.4) is 0 Å². The Bertz CT molecular complexity index is 616. The molecule has 0 aliphatic carbocycles. The van der Waals surface area contributed by atoms with Crippen molar-refractivity contribution in [3.63, 3.8) is 0 Å². The van der Waals surface area contributed by atoms with E-state index >= 15 is 0 Å². The highest BCUT2D eigenvalue weighted by Gasteiger charge is 2.19.